The van der Waals surface area contributed by atoms with Gasteiger partial charge in [0.05, 0.1) is 19.1 Å². The number of carbonyl (C=O) groups is 1. The smallest absolute Gasteiger partial charge is 0.308 e. The number of aromatic nitrogens is 2. The number of anilines is 1. The third kappa shape index (κ3) is 4.31. The third-order valence-corrected chi connectivity index (χ3v) is 1.94. The van der Waals surface area contributed by atoms with E-state index in [9.17, 15) is 9.90 Å². The lowest BCUT2D eigenvalue weighted by Crippen LogP contribution is -2.24. The molecular formula is C10H17N3O3. The average Bonchev–Trinajstić information content (AvgIpc) is 2.61. The molecule has 90 valence electrons. The summed E-state index contributed by atoms with van der Waals surface area (Å²) in [6.07, 6.45) is 1.02. The van der Waals surface area contributed by atoms with Gasteiger partial charge in [-0.25, -0.2) is 0 Å². The third-order valence-electron chi connectivity index (χ3n) is 1.94. The molecule has 6 nitrogen and oxygen atoms in total. The fourth-order valence-corrected chi connectivity index (χ4v) is 1.22. The minimum Gasteiger partial charge on any atom is -0.466 e. The zero-order valence-corrected chi connectivity index (χ0v) is 9.51. The van der Waals surface area contributed by atoms with Gasteiger partial charge in [0.25, 0.3) is 0 Å². The largest absolute Gasteiger partial charge is 0.466 e. The Morgan fingerprint density at radius 3 is 3.06 bits per heavy atom. The molecule has 0 aliphatic carbocycles. The Hall–Kier alpha value is -1.56. The minimum absolute atomic E-state index is 0.00628. The maximum absolute atomic E-state index is 11.0. The first-order valence-electron chi connectivity index (χ1n) is 5.19. The van der Waals surface area contributed by atoms with Crippen molar-refractivity contribution in [1.82, 2.24) is 9.78 Å². The quantitative estimate of drug-likeness (QED) is 0.676. The zero-order valence-electron chi connectivity index (χ0n) is 9.51. The molecule has 16 heavy (non-hydrogen) atoms. The molecule has 2 N–H and O–H groups in total. The predicted octanol–water partition coefficient (Wildman–Crippen LogP) is 0.146. The van der Waals surface area contributed by atoms with Gasteiger partial charge in [0.1, 0.15) is 5.82 Å². The summed E-state index contributed by atoms with van der Waals surface area (Å²) in [5.41, 5.74) is 0. The van der Waals surface area contributed by atoms with Gasteiger partial charge in [-0.2, -0.15) is 5.10 Å². The lowest BCUT2D eigenvalue weighted by Gasteiger charge is -2.10. The van der Waals surface area contributed by atoms with E-state index in [1.807, 2.05) is 0 Å². The molecule has 0 bridgehead atoms. The molecule has 1 aromatic heterocycles. The number of ether oxygens (including phenoxy) is 1. The Morgan fingerprint density at radius 1 is 1.75 bits per heavy atom. The lowest BCUT2D eigenvalue weighted by atomic mass is 10.2. The summed E-state index contributed by atoms with van der Waals surface area (Å²) < 4.78 is 6.38. The van der Waals surface area contributed by atoms with E-state index in [-0.39, 0.29) is 13.0 Å². The summed E-state index contributed by atoms with van der Waals surface area (Å²) in [5, 5.41) is 16.5. The number of nitrogens with zero attached hydrogens (tertiary/aromatic N) is 2. The van der Waals surface area contributed by atoms with E-state index in [0.717, 1.165) is 0 Å². The van der Waals surface area contributed by atoms with Gasteiger partial charge in [0.15, 0.2) is 0 Å². The Morgan fingerprint density at radius 2 is 2.50 bits per heavy atom. The molecule has 1 unspecified atom stereocenters. The first kappa shape index (κ1) is 12.5. The maximum atomic E-state index is 11.0. The van der Waals surface area contributed by atoms with Crippen LogP contribution in [0.4, 0.5) is 5.82 Å². The van der Waals surface area contributed by atoms with Gasteiger partial charge in [-0.05, 0) is 6.92 Å². The number of nitrogens with one attached hydrogen (secondary N) is 1. The van der Waals surface area contributed by atoms with E-state index < -0.39 is 12.1 Å². The molecule has 0 fully saturated rings. The maximum Gasteiger partial charge on any atom is 0.308 e. The molecule has 0 aliphatic rings. The highest BCUT2D eigenvalue weighted by atomic mass is 16.5. The van der Waals surface area contributed by atoms with Crippen LogP contribution in [0.1, 0.15) is 13.3 Å². The van der Waals surface area contributed by atoms with Crippen molar-refractivity contribution in [3.8, 4) is 0 Å². The van der Waals surface area contributed by atoms with Crippen LogP contribution >= 0.6 is 0 Å². The number of aryl methyl sites for hydroxylation is 1. The first-order valence-corrected chi connectivity index (χ1v) is 5.19. The van der Waals surface area contributed by atoms with Crippen LogP contribution in [0.15, 0.2) is 12.3 Å². The van der Waals surface area contributed by atoms with Crippen molar-refractivity contribution in [3.63, 3.8) is 0 Å². The SMILES string of the molecule is CCOC(=O)CC(O)CNc1ccn(C)n1. The fraction of sp³-hybridized carbons (Fsp3) is 0.600. The topological polar surface area (TPSA) is 76.4 Å². The van der Waals surface area contributed by atoms with Crippen LogP contribution in [0.2, 0.25) is 0 Å². The molecule has 0 saturated heterocycles. The number of carbonyl (C=O) groups excluding carboxylic acids is 1. The molecule has 6 heteroatoms. The van der Waals surface area contributed by atoms with Gasteiger partial charge in [-0.3, -0.25) is 9.48 Å². The molecule has 0 radical (unpaired) electrons. The van der Waals surface area contributed by atoms with Crippen LogP contribution in [0.5, 0.6) is 0 Å². The summed E-state index contributed by atoms with van der Waals surface area (Å²) in [6, 6.07) is 1.79. The fourth-order valence-electron chi connectivity index (χ4n) is 1.22. The van der Waals surface area contributed by atoms with Gasteiger partial charge in [0, 0.05) is 25.9 Å². The second-order valence-corrected chi connectivity index (χ2v) is 3.42. The second-order valence-electron chi connectivity index (χ2n) is 3.42. The lowest BCUT2D eigenvalue weighted by molar-refractivity contribution is -0.145. The van der Waals surface area contributed by atoms with Crippen molar-refractivity contribution in [1.29, 1.82) is 0 Å². The number of hydrogen-bond acceptors (Lipinski definition) is 5. The van der Waals surface area contributed by atoms with Crippen molar-refractivity contribution in [3.05, 3.63) is 12.3 Å². The number of esters is 1. The predicted molar refractivity (Wildman–Crippen MR) is 59.0 cm³/mol. The Labute approximate surface area is 94.2 Å². The molecule has 0 aromatic carbocycles. The Bertz CT molecular complexity index is 338. The van der Waals surface area contributed by atoms with Gasteiger partial charge in [-0.15, -0.1) is 0 Å². The van der Waals surface area contributed by atoms with Crippen molar-refractivity contribution in [2.45, 2.75) is 19.4 Å². The number of aliphatic hydroxyl groups excluding tert-OH is 1. The van der Waals surface area contributed by atoms with Crippen LogP contribution in [0.3, 0.4) is 0 Å². The minimum atomic E-state index is -0.763. The Balaban J connectivity index is 2.24. The molecule has 1 rings (SSSR count). The van der Waals surface area contributed by atoms with E-state index in [4.69, 9.17) is 4.74 Å². The van der Waals surface area contributed by atoms with Crippen molar-refractivity contribution >= 4 is 11.8 Å². The number of hydrogen-bond donors (Lipinski definition) is 2. The molecule has 1 atom stereocenters. The van der Waals surface area contributed by atoms with E-state index in [0.29, 0.717) is 12.4 Å². The van der Waals surface area contributed by atoms with Gasteiger partial charge in [0.2, 0.25) is 0 Å². The standard InChI is InChI=1S/C10H17N3O3/c1-3-16-10(15)6-8(14)7-11-9-4-5-13(2)12-9/h4-5,8,14H,3,6-7H2,1-2H3,(H,11,12). The van der Waals surface area contributed by atoms with Crippen molar-refractivity contribution in [2.24, 2.45) is 7.05 Å². The van der Waals surface area contributed by atoms with Crippen LogP contribution < -0.4 is 5.32 Å². The van der Waals surface area contributed by atoms with Crippen molar-refractivity contribution in [2.75, 3.05) is 18.5 Å². The highest BCUT2D eigenvalue weighted by Gasteiger charge is 2.11. The number of rotatable bonds is 6. The van der Waals surface area contributed by atoms with Crippen LogP contribution in [-0.2, 0) is 16.6 Å². The summed E-state index contributed by atoms with van der Waals surface area (Å²) in [7, 11) is 1.81. The molecule has 0 saturated carbocycles. The van der Waals surface area contributed by atoms with E-state index in [1.54, 1.807) is 30.9 Å². The highest BCUT2D eigenvalue weighted by molar-refractivity contribution is 5.70. The van der Waals surface area contributed by atoms with Gasteiger partial charge < -0.3 is 15.2 Å². The molecular weight excluding hydrogens is 210 g/mol. The van der Waals surface area contributed by atoms with E-state index in [1.165, 1.54) is 0 Å². The number of aliphatic hydroxyl groups is 1. The highest BCUT2D eigenvalue weighted by Crippen LogP contribution is 2.02. The summed E-state index contributed by atoms with van der Waals surface area (Å²) in [6.45, 7) is 2.34. The van der Waals surface area contributed by atoms with Crippen LogP contribution in [-0.4, -0.2) is 40.1 Å². The van der Waals surface area contributed by atoms with Crippen LogP contribution in [0.25, 0.3) is 0 Å². The van der Waals surface area contributed by atoms with E-state index >= 15 is 0 Å². The second kappa shape index (κ2) is 6.12. The first-order chi connectivity index (χ1) is 7.61. The molecule has 1 heterocycles. The average molecular weight is 227 g/mol. The molecule has 0 spiro atoms. The van der Waals surface area contributed by atoms with E-state index in [2.05, 4.69) is 10.4 Å². The summed E-state index contributed by atoms with van der Waals surface area (Å²) in [4.78, 5) is 11.0. The molecule has 1 aromatic rings. The van der Waals surface area contributed by atoms with Crippen molar-refractivity contribution < 1.29 is 14.6 Å². The molecule has 0 amide bonds. The monoisotopic (exact) mass is 227 g/mol. The van der Waals surface area contributed by atoms with Crippen LogP contribution in [0, 0.1) is 0 Å². The summed E-state index contributed by atoms with van der Waals surface area (Å²) in [5.74, 6) is 0.281. The molecule has 0 aliphatic heterocycles. The Kier molecular flexibility index (Phi) is 4.78. The van der Waals surface area contributed by atoms with Gasteiger partial charge >= 0.3 is 5.97 Å². The normalized spacial score (nSPS) is 12.2. The van der Waals surface area contributed by atoms with Gasteiger partial charge in [-0.1, -0.05) is 0 Å². The zero-order chi connectivity index (χ0) is 12.0. The summed E-state index contributed by atoms with van der Waals surface area (Å²) >= 11 is 0.